The van der Waals surface area contributed by atoms with Gasteiger partial charge in [-0.05, 0) is 56.6 Å². The zero-order chi connectivity index (χ0) is 16.9. The molecular weight excluding hydrogens is 305 g/mol. The molecule has 1 unspecified atom stereocenters. The Hall–Kier alpha value is -1.62. The van der Waals surface area contributed by atoms with E-state index in [4.69, 9.17) is 0 Å². The van der Waals surface area contributed by atoms with Gasteiger partial charge in [-0.1, -0.05) is 13.3 Å². The van der Waals surface area contributed by atoms with Crippen LogP contribution in [0.25, 0.3) is 0 Å². The Balaban J connectivity index is 1.57. The standard InChI is InChI=1S/C19H28FN3O/c1-2-10-22-11-4-3-5-18(22)19(24)23-14-12-21(13-15-23)17-8-6-16(20)7-9-17/h6-9,18H,2-5,10-15H2,1H3. The van der Waals surface area contributed by atoms with Crippen LogP contribution in [0, 0.1) is 5.82 Å². The summed E-state index contributed by atoms with van der Waals surface area (Å²) in [7, 11) is 0. The molecule has 3 rings (SSSR count). The summed E-state index contributed by atoms with van der Waals surface area (Å²) in [5.41, 5.74) is 1.04. The number of halogens is 1. The fourth-order valence-electron chi connectivity index (χ4n) is 3.87. The first kappa shape index (κ1) is 17.2. The molecule has 0 radical (unpaired) electrons. The topological polar surface area (TPSA) is 26.8 Å². The van der Waals surface area contributed by atoms with E-state index in [2.05, 4.69) is 16.7 Å². The van der Waals surface area contributed by atoms with Gasteiger partial charge in [-0.15, -0.1) is 0 Å². The van der Waals surface area contributed by atoms with Crippen LogP contribution in [0.3, 0.4) is 0 Å². The molecule has 2 saturated heterocycles. The Kier molecular flexibility index (Phi) is 5.72. The van der Waals surface area contributed by atoms with Crippen LogP contribution in [0.1, 0.15) is 32.6 Å². The van der Waals surface area contributed by atoms with E-state index in [0.717, 1.165) is 64.2 Å². The number of amides is 1. The van der Waals surface area contributed by atoms with Gasteiger partial charge in [0.05, 0.1) is 6.04 Å². The second kappa shape index (κ2) is 7.97. The lowest BCUT2D eigenvalue weighted by atomic mass is 10.00. The minimum atomic E-state index is -0.208. The lowest BCUT2D eigenvalue weighted by Gasteiger charge is -2.41. The van der Waals surface area contributed by atoms with E-state index < -0.39 is 0 Å². The molecule has 1 atom stereocenters. The van der Waals surface area contributed by atoms with Crippen LogP contribution in [0.2, 0.25) is 0 Å². The second-order valence-electron chi connectivity index (χ2n) is 6.84. The Morgan fingerprint density at radius 1 is 1.08 bits per heavy atom. The maximum absolute atomic E-state index is 13.1. The minimum Gasteiger partial charge on any atom is -0.368 e. The Morgan fingerprint density at radius 2 is 1.79 bits per heavy atom. The van der Waals surface area contributed by atoms with Gasteiger partial charge in [0, 0.05) is 31.9 Å². The zero-order valence-electron chi connectivity index (χ0n) is 14.6. The molecule has 132 valence electrons. The summed E-state index contributed by atoms with van der Waals surface area (Å²) in [4.78, 5) is 19.6. The fourth-order valence-corrected chi connectivity index (χ4v) is 3.87. The van der Waals surface area contributed by atoms with Gasteiger partial charge in [-0.25, -0.2) is 4.39 Å². The molecular formula is C19H28FN3O. The van der Waals surface area contributed by atoms with Gasteiger partial charge in [0.1, 0.15) is 5.82 Å². The highest BCUT2D eigenvalue weighted by Crippen LogP contribution is 2.21. The van der Waals surface area contributed by atoms with Crippen molar-refractivity contribution in [3.05, 3.63) is 30.1 Å². The van der Waals surface area contributed by atoms with Gasteiger partial charge in [0.2, 0.25) is 5.91 Å². The van der Waals surface area contributed by atoms with Crippen LogP contribution in [0.4, 0.5) is 10.1 Å². The third-order valence-corrected chi connectivity index (χ3v) is 5.19. The highest BCUT2D eigenvalue weighted by atomic mass is 19.1. The maximum atomic E-state index is 13.1. The first-order valence-electron chi connectivity index (χ1n) is 9.22. The highest BCUT2D eigenvalue weighted by molar-refractivity contribution is 5.82. The molecule has 2 aliphatic rings. The fraction of sp³-hybridized carbons (Fsp3) is 0.632. The summed E-state index contributed by atoms with van der Waals surface area (Å²) < 4.78 is 13.1. The second-order valence-corrected chi connectivity index (χ2v) is 6.84. The number of hydrogen-bond acceptors (Lipinski definition) is 3. The zero-order valence-corrected chi connectivity index (χ0v) is 14.6. The number of hydrogen-bond donors (Lipinski definition) is 0. The number of benzene rings is 1. The molecule has 5 heteroatoms. The number of rotatable bonds is 4. The van der Waals surface area contributed by atoms with Crippen molar-refractivity contribution >= 4 is 11.6 Å². The molecule has 0 saturated carbocycles. The molecule has 0 aromatic heterocycles. The maximum Gasteiger partial charge on any atom is 0.240 e. The summed E-state index contributed by atoms with van der Waals surface area (Å²) >= 11 is 0. The summed E-state index contributed by atoms with van der Waals surface area (Å²) in [6.07, 6.45) is 4.47. The lowest BCUT2D eigenvalue weighted by molar-refractivity contribution is -0.138. The predicted molar refractivity (Wildman–Crippen MR) is 94.7 cm³/mol. The summed E-state index contributed by atoms with van der Waals surface area (Å²) in [6.45, 7) is 7.40. The number of carbonyl (C=O) groups is 1. The third kappa shape index (κ3) is 3.89. The summed E-state index contributed by atoms with van der Waals surface area (Å²) in [6, 6.07) is 6.71. The molecule has 1 aromatic rings. The minimum absolute atomic E-state index is 0.0797. The van der Waals surface area contributed by atoms with Crippen molar-refractivity contribution in [2.24, 2.45) is 0 Å². The number of anilines is 1. The van der Waals surface area contributed by atoms with Crippen molar-refractivity contribution in [2.75, 3.05) is 44.2 Å². The SMILES string of the molecule is CCCN1CCCCC1C(=O)N1CCN(c2ccc(F)cc2)CC1. The first-order chi connectivity index (χ1) is 11.7. The van der Waals surface area contributed by atoms with E-state index in [9.17, 15) is 9.18 Å². The van der Waals surface area contributed by atoms with Gasteiger partial charge in [-0.3, -0.25) is 9.69 Å². The van der Waals surface area contributed by atoms with Gasteiger partial charge in [0.25, 0.3) is 0 Å². The van der Waals surface area contributed by atoms with Crippen molar-refractivity contribution in [3.63, 3.8) is 0 Å². The van der Waals surface area contributed by atoms with E-state index in [1.807, 2.05) is 17.0 Å². The molecule has 2 fully saturated rings. The molecule has 1 aromatic carbocycles. The number of piperidine rings is 1. The molecule has 0 aliphatic carbocycles. The van der Waals surface area contributed by atoms with Gasteiger partial charge >= 0.3 is 0 Å². The number of piperazine rings is 1. The number of likely N-dealkylation sites (tertiary alicyclic amines) is 1. The van der Waals surface area contributed by atoms with E-state index >= 15 is 0 Å². The van der Waals surface area contributed by atoms with Crippen LogP contribution in [-0.2, 0) is 4.79 Å². The summed E-state index contributed by atoms with van der Waals surface area (Å²) in [5, 5.41) is 0. The lowest BCUT2D eigenvalue weighted by Crippen LogP contribution is -2.56. The average molecular weight is 333 g/mol. The smallest absolute Gasteiger partial charge is 0.240 e. The van der Waals surface area contributed by atoms with Crippen molar-refractivity contribution in [3.8, 4) is 0 Å². The molecule has 1 amide bonds. The highest BCUT2D eigenvalue weighted by Gasteiger charge is 2.32. The van der Waals surface area contributed by atoms with E-state index in [1.165, 1.54) is 18.6 Å². The molecule has 2 heterocycles. The largest absolute Gasteiger partial charge is 0.368 e. The molecule has 24 heavy (non-hydrogen) atoms. The number of carbonyl (C=O) groups excluding carboxylic acids is 1. The Labute approximate surface area is 144 Å². The predicted octanol–water partition coefficient (Wildman–Crippen LogP) is 2.74. The van der Waals surface area contributed by atoms with Crippen LogP contribution < -0.4 is 4.90 Å². The van der Waals surface area contributed by atoms with E-state index in [0.29, 0.717) is 5.91 Å². The van der Waals surface area contributed by atoms with Crippen LogP contribution in [0.15, 0.2) is 24.3 Å². The van der Waals surface area contributed by atoms with Crippen LogP contribution in [-0.4, -0.2) is 61.0 Å². The molecule has 0 N–H and O–H groups in total. The number of nitrogens with zero attached hydrogens (tertiary/aromatic N) is 3. The van der Waals surface area contributed by atoms with Crippen molar-refractivity contribution in [2.45, 2.75) is 38.6 Å². The quantitative estimate of drug-likeness (QED) is 0.848. The first-order valence-corrected chi connectivity index (χ1v) is 9.22. The molecule has 0 spiro atoms. The molecule has 2 aliphatic heterocycles. The van der Waals surface area contributed by atoms with Gasteiger partial charge < -0.3 is 9.80 Å². The normalized spacial score (nSPS) is 22.7. The van der Waals surface area contributed by atoms with Crippen molar-refractivity contribution in [1.29, 1.82) is 0 Å². The van der Waals surface area contributed by atoms with Crippen LogP contribution in [0.5, 0.6) is 0 Å². The van der Waals surface area contributed by atoms with Gasteiger partial charge in [-0.2, -0.15) is 0 Å². The van der Waals surface area contributed by atoms with Crippen molar-refractivity contribution < 1.29 is 9.18 Å². The monoisotopic (exact) mass is 333 g/mol. The molecule has 4 nitrogen and oxygen atoms in total. The summed E-state index contributed by atoms with van der Waals surface area (Å²) in [5.74, 6) is 0.0998. The van der Waals surface area contributed by atoms with Gasteiger partial charge in [0.15, 0.2) is 0 Å². The third-order valence-electron chi connectivity index (χ3n) is 5.19. The van der Waals surface area contributed by atoms with Crippen LogP contribution >= 0.6 is 0 Å². The van der Waals surface area contributed by atoms with E-state index in [-0.39, 0.29) is 11.9 Å². The van der Waals surface area contributed by atoms with E-state index in [1.54, 1.807) is 0 Å². The average Bonchev–Trinajstić information content (AvgIpc) is 2.63. The Morgan fingerprint density at radius 3 is 2.46 bits per heavy atom. The molecule has 0 bridgehead atoms. The van der Waals surface area contributed by atoms with Crippen molar-refractivity contribution in [1.82, 2.24) is 9.80 Å². The Bertz CT molecular complexity index is 538.